The van der Waals surface area contributed by atoms with Gasteiger partial charge in [-0.05, 0) is 38.5 Å². The summed E-state index contributed by atoms with van der Waals surface area (Å²) in [5.74, 6) is -0.471. The summed E-state index contributed by atoms with van der Waals surface area (Å²) in [7, 11) is 0. The van der Waals surface area contributed by atoms with Crippen LogP contribution in [-0.2, 0) is 4.79 Å². The first-order valence-corrected chi connectivity index (χ1v) is 22.5. The largest absolute Gasteiger partial charge is 0.394 e. The molecule has 0 radical (unpaired) electrons. The zero-order valence-corrected chi connectivity index (χ0v) is 33.8. The van der Waals surface area contributed by atoms with E-state index in [1.54, 1.807) is 0 Å². The van der Waals surface area contributed by atoms with Gasteiger partial charge >= 0.3 is 0 Å². The van der Waals surface area contributed by atoms with Crippen LogP contribution in [0.5, 0.6) is 0 Å². The maximum absolute atomic E-state index is 12.4. The van der Waals surface area contributed by atoms with Crippen molar-refractivity contribution in [2.75, 3.05) is 6.61 Å². The number of hydrogen-bond donors (Lipinski definition) is 4. The van der Waals surface area contributed by atoms with Crippen LogP contribution >= 0.6 is 0 Å². The van der Waals surface area contributed by atoms with E-state index in [4.69, 9.17) is 0 Å². The highest BCUT2D eigenvalue weighted by molar-refractivity contribution is 5.80. The Morgan fingerprint density at radius 1 is 0.460 bits per heavy atom. The minimum atomic E-state index is -1.07. The maximum Gasteiger partial charge on any atom is 0.249 e. The van der Waals surface area contributed by atoms with Crippen molar-refractivity contribution in [3.05, 3.63) is 12.2 Å². The minimum absolute atomic E-state index is 0.312. The van der Waals surface area contributed by atoms with Gasteiger partial charge in [0, 0.05) is 0 Å². The van der Waals surface area contributed by atoms with Gasteiger partial charge in [0.2, 0.25) is 5.91 Å². The maximum atomic E-state index is 12.4. The second-order valence-corrected chi connectivity index (χ2v) is 15.6. The fourth-order valence-electron chi connectivity index (χ4n) is 7.07. The van der Waals surface area contributed by atoms with Crippen molar-refractivity contribution >= 4 is 5.91 Å². The first-order chi connectivity index (χ1) is 24.6. The summed E-state index contributed by atoms with van der Waals surface area (Å²) in [5, 5.41) is 33.1. The SMILES string of the molecule is CCCCCCCCCCCCCC/C=C\CCCCCCCCCCCCCC(O)C(=O)NC(CO)C(O)CCCCCCCCCCC. The predicted molar refractivity (Wildman–Crippen MR) is 218 cm³/mol. The topological polar surface area (TPSA) is 89.8 Å². The molecule has 0 aliphatic rings. The highest BCUT2D eigenvalue weighted by Crippen LogP contribution is 2.16. The van der Waals surface area contributed by atoms with Crippen LogP contribution in [0.1, 0.15) is 245 Å². The van der Waals surface area contributed by atoms with E-state index in [9.17, 15) is 20.1 Å². The summed E-state index contributed by atoms with van der Waals surface area (Å²) in [6.07, 6.45) is 48.1. The van der Waals surface area contributed by atoms with Gasteiger partial charge in [0.15, 0.2) is 0 Å². The number of allylic oxidation sites excluding steroid dienone is 2. The summed E-state index contributed by atoms with van der Waals surface area (Å²) in [6.45, 7) is 4.21. The number of nitrogens with one attached hydrogen (secondary N) is 1. The number of amides is 1. The highest BCUT2D eigenvalue weighted by atomic mass is 16.3. The van der Waals surface area contributed by atoms with Gasteiger partial charge in [0.1, 0.15) is 6.10 Å². The first-order valence-electron chi connectivity index (χ1n) is 22.5. The van der Waals surface area contributed by atoms with Gasteiger partial charge in [-0.2, -0.15) is 0 Å². The van der Waals surface area contributed by atoms with Gasteiger partial charge in [-0.3, -0.25) is 4.79 Å². The van der Waals surface area contributed by atoms with Crippen LogP contribution in [-0.4, -0.2) is 46.1 Å². The molecule has 0 aromatic rings. The predicted octanol–water partition coefficient (Wildman–Crippen LogP) is 12.8. The van der Waals surface area contributed by atoms with Gasteiger partial charge in [-0.25, -0.2) is 0 Å². The molecule has 0 rings (SSSR count). The molecule has 3 unspecified atom stereocenters. The smallest absolute Gasteiger partial charge is 0.249 e. The molecule has 50 heavy (non-hydrogen) atoms. The monoisotopic (exact) mass is 708 g/mol. The lowest BCUT2D eigenvalue weighted by atomic mass is 10.0. The van der Waals surface area contributed by atoms with Crippen molar-refractivity contribution in [2.24, 2.45) is 0 Å². The molecular formula is C45H89NO4. The van der Waals surface area contributed by atoms with Crippen LogP contribution in [0.4, 0.5) is 0 Å². The molecule has 0 fully saturated rings. The third-order valence-electron chi connectivity index (χ3n) is 10.6. The molecule has 0 bridgehead atoms. The lowest BCUT2D eigenvalue weighted by Gasteiger charge is -2.23. The normalized spacial score (nSPS) is 13.6. The molecule has 0 saturated heterocycles. The number of rotatable bonds is 41. The molecular weight excluding hydrogens is 618 g/mol. The van der Waals surface area contributed by atoms with Crippen LogP contribution in [0.2, 0.25) is 0 Å². The molecule has 1 amide bonds. The molecule has 0 spiro atoms. The molecule has 298 valence electrons. The first kappa shape index (κ1) is 49.1. The number of aliphatic hydroxyl groups is 3. The number of aliphatic hydroxyl groups excluding tert-OH is 3. The van der Waals surface area contributed by atoms with Crippen LogP contribution in [0.3, 0.4) is 0 Å². The zero-order valence-electron chi connectivity index (χ0n) is 33.8. The standard InChI is InChI=1S/C45H89NO4/c1-3-5-7-9-11-13-14-15-16-17-18-19-20-21-22-23-24-25-26-27-28-29-30-32-34-36-38-40-44(49)45(50)46-42(41-47)43(48)39-37-35-33-31-12-10-8-6-4-2/h21-22,42-44,47-49H,3-20,23-41H2,1-2H3,(H,46,50)/b22-21-. The molecule has 0 aliphatic heterocycles. The molecule has 0 aromatic carbocycles. The zero-order chi connectivity index (χ0) is 36.6. The van der Waals surface area contributed by atoms with E-state index >= 15 is 0 Å². The number of unbranched alkanes of at least 4 members (excludes halogenated alkanes) is 31. The summed E-state index contributed by atoms with van der Waals surface area (Å²) in [5.41, 5.74) is 0. The van der Waals surface area contributed by atoms with Gasteiger partial charge < -0.3 is 20.6 Å². The second kappa shape index (κ2) is 40.9. The summed E-state index contributed by atoms with van der Waals surface area (Å²) >= 11 is 0. The van der Waals surface area contributed by atoms with Gasteiger partial charge in [-0.1, -0.05) is 219 Å². The van der Waals surface area contributed by atoms with Crippen molar-refractivity contribution in [2.45, 2.75) is 263 Å². The number of carbonyl (C=O) groups excluding carboxylic acids is 1. The van der Waals surface area contributed by atoms with Crippen LogP contribution in [0.25, 0.3) is 0 Å². The Hall–Kier alpha value is -0.910. The fraction of sp³-hybridized carbons (Fsp3) is 0.933. The number of carbonyl (C=O) groups is 1. The van der Waals surface area contributed by atoms with Crippen molar-refractivity contribution in [1.29, 1.82) is 0 Å². The molecule has 0 aliphatic carbocycles. The molecule has 5 nitrogen and oxygen atoms in total. The molecule has 0 saturated carbocycles. The van der Waals surface area contributed by atoms with E-state index in [-0.39, 0.29) is 6.61 Å². The Morgan fingerprint density at radius 3 is 1.10 bits per heavy atom. The Labute approximate surface area is 312 Å². The molecule has 4 N–H and O–H groups in total. The van der Waals surface area contributed by atoms with E-state index in [1.807, 2.05) is 0 Å². The Morgan fingerprint density at radius 2 is 0.760 bits per heavy atom. The summed E-state index contributed by atoms with van der Waals surface area (Å²) in [6, 6.07) is -0.707. The van der Waals surface area contributed by atoms with Crippen molar-refractivity contribution < 1.29 is 20.1 Å². The molecule has 5 heteroatoms. The van der Waals surface area contributed by atoms with E-state index < -0.39 is 24.2 Å². The average molecular weight is 708 g/mol. The lowest BCUT2D eigenvalue weighted by Crippen LogP contribution is -2.49. The Bertz CT molecular complexity index is 699. The highest BCUT2D eigenvalue weighted by Gasteiger charge is 2.23. The third kappa shape index (κ3) is 35.5. The van der Waals surface area contributed by atoms with Gasteiger partial charge in [0.05, 0.1) is 18.8 Å². The average Bonchev–Trinajstić information content (AvgIpc) is 3.12. The van der Waals surface area contributed by atoms with Gasteiger partial charge in [-0.15, -0.1) is 0 Å². The minimum Gasteiger partial charge on any atom is -0.394 e. The quantitative estimate of drug-likeness (QED) is 0.0376. The van der Waals surface area contributed by atoms with Gasteiger partial charge in [0.25, 0.3) is 0 Å². The van der Waals surface area contributed by atoms with E-state index in [2.05, 4.69) is 31.3 Å². The Kier molecular flexibility index (Phi) is 40.1. The van der Waals surface area contributed by atoms with Crippen molar-refractivity contribution in [1.82, 2.24) is 5.32 Å². The van der Waals surface area contributed by atoms with Crippen molar-refractivity contribution in [3.8, 4) is 0 Å². The number of hydrogen-bond acceptors (Lipinski definition) is 4. The van der Waals surface area contributed by atoms with Crippen LogP contribution < -0.4 is 5.32 Å². The summed E-state index contributed by atoms with van der Waals surface area (Å²) in [4.78, 5) is 12.4. The molecule has 3 atom stereocenters. The Balaban J connectivity index is 3.50. The van der Waals surface area contributed by atoms with Crippen LogP contribution in [0.15, 0.2) is 12.2 Å². The molecule has 0 heterocycles. The van der Waals surface area contributed by atoms with Crippen LogP contribution in [0, 0.1) is 0 Å². The lowest BCUT2D eigenvalue weighted by molar-refractivity contribution is -0.131. The van der Waals surface area contributed by atoms with Crippen molar-refractivity contribution in [3.63, 3.8) is 0 Å². The van der Waals surface area contributed by atoms with E-state index in [0.717, 1.165) is 32.1 Å². The second-order valence-electron chi connectivity index (χ2n) is 15.6. The third-order valence-corrected chi connectivity index (χ3v) is 10.6. The van der Waals surface area contributed by atoms with E-state index in [1.165, 1.54) is 186 Å². The van der Waals surface area contributed by atoms with E-state index in [0.29, 0.717) is 12.8 Å². The summed E-state index contributed by atoms with van der Waals surface area (Å²) < 4.78 is 0. The molecule has 0 aromatic heterocycles. The fourth-order valence-corrected chi connectivity index (χ4v) is 7.07.